The summed E-state index contributed by atoms with van der Waals surface area (Å²) in [5.74, 6) is -0.0205. The van der Waals surface area contributed by atoms with Crippen molar-refractivity contribution >= 4 is 0 Å². The van der Waals surface area contributed by atoms with Crippen molar-refractivity contribution in [1.82, 2.24) is 0 Å². The highest BCUT2D eigenvalue weighted by Crippen LogP contribution is 2.24. The quantitative estimate of drug-likeness (QED) is 0.887. The van der Waals surface area contributed by atoms with Crippen molar-refractivity contribution in [3.63, 3.8) is 0 Å². The van der Waals surface area contributed by atoms with E-state index in [2.05, 4.69) is 18.2 Å². The molecule has 1 nitrogen and oxygen atoms in total. The topological polar surface area (TPSA) is 20.2 Å². The van der Waals surface area contributed by atoms with Crippen molar-refractivity contribution < 1.29 is 9.50 Å². The van der Waals surface area contributed by atoms with Crippen LogP contribution >= 0.6 is 0 Å². The van der Waals surface area contributed by atoms with Gasteiger partial charge in [0, 0.05) is 6.61 Å². The Kier molecular flexibility index (Phi) is 4.35. The summed E-state index contributed by atoms with van der Waals surface area (Å²) in [5, 5.41) is 9.62. The van der Waals surface area contributed by atoms with Crippen LogP contribution in [0, 0.1) is 11.7 Å². The van der Waals surface area contributed by atoms with E-state index in [9.17, 15) is 9.50 Å². The molecule has 0 heterocycles. The molecule has 0 amide bonds. The lowest BCUT2D eigenvalue weighted by atomic mass is 9.92. The Morgan fingerprint density at radius 1 is 0.905 bits per heavy atom. The number of aliphatic hydroxyl groups excluding tert-OH is 1. The molecule has 2 aromatic carbocycles. The van der Waals surface area contributed by atoms with Crippen LogP contribution in [0.5, 0.6) is 0 Å². The third kappa shape index (κ3) is 3.51. The lowest BCUT2D eigenvalue weighted by Crippen LogP contribution is -2.13. The normalized spacial score (nSPS) is 15.0. The smallest absolute Gasteiger partial charge is 0.123 e. The van der Waals surface area contributed by atoms with Gasteiger partial charge in [-0.25, -0.2) is 4.39 Å². The van der Waals surface area contributed by atoms with E-state index in [4.69, 9.17) is 0 Å². The molecular formula is C19H21FO. The molecular weight excluding hydrogens is 263 g/mol. The summed E-state index contributed by atoms with van der Waals surface area (Å²) in [6, 6.07) is 13.3. The van der Waals surface area contributed by atoms with E-state index in [1.165, 1.54) is 48.1 Å². The molecule has 21 heavy (non-hydrogen) atoms. The van der Waals surface area contributed by atoms with E-state index in [0.29, 0.717) is 0 Å². The van der Waals surface area contributed by atoms with Crippen LogP contribution < -0.4 is 0 Å². The highest BCUT2D eigenvalue weighted by atomic mass is 19.1. The lowest BCUT2D eigenvalue weighted by Gasteiger charge is -2.15. The molecule has 0 fully saturated rings. The van der Waals surface area contributed by atoms with Crippen molar-refractivity contribution in [2.75, 3.05) is 6.61 Å². The fraction of sp³-hybridized carbons (Fsp3) is 0.368. The second kappa shape index (κ2) is 6.40. The number of benzene rings is 2. The van der Waals surface area contributed by atoms with Gasteiger partial charge in [0.1, 0.15) is 5.82 Å². The minimum atomic E-state index is -0.210. The van der Waals surface area contributed by atoms with Gasteiger partial charge in [0.05, 0.1) is 0 Å². The zero-order chi connectivity index (χ0) is 14.7. The average Bonchev–Trinajstić information content (AvgIpc) is 2.96. The van der Waals surface area contributed by atoms with Crippen molar-refractivity contribution in [3.05, 3.63) is 70.5 Å². The molecule has 0 aliphatic heterocycles. The summed E-state index contributed by atoms with van der Waals surface area (Å²) in [6.07, 6.45) is 5.31. The van der Waals surface area contributed by atoms with Gasteiger partial charge in [-0.2, -0.15) is 0 Å². The first-order valence-corrected chi connectivity index (χ1v) is 7.70. The van der Waals surface area contributed by atoms with Gasteiger partial charge < -0.3 is 5.11 Å². The molecule has 1 unspecified atom stereocenters. The summed E-state index contributed by atoms with van der Waals surface area (Å²) >= 11 is 0. The molecule has 1 aliphatic rings. The minimum absolute atomic E-state index is 0.161. The van der Waals surface area contributed by atoms with Crippen molar-refractivity contribution in [2.45, 2.75) is 32.1 Å². The molecule has 1 N–H and O–H groups in total. The van der Waals surface area contributed by atoms with Crippen molar-refractivity contribution in [3.8, 4) is 0 Å². The van der Waals surface area contributed by atoms with Crippen LogP contribution in [0.25, 0.3) is 0 Å². The second-order valence-corrected chi connectivity index (χ2v) is 6.04. The Balaban J connectivity index is 1.68. The molecule has 0 spiro atoms. The zero-order valence-electron chi connectivity index (χ0n) is 12.2. The first kappa shape index (κ1) is 14.3. The van der Waals surface area contributed by atoms with Gasteiger partial charge in [-0.05, 0) is 72.4 Å². The van der Waals surface area contributed by atoms with Crippen LogP contribution in [0.2, 0.25) is 0 Å². The van der Waals surface area contributed by atoms with Gasteiger partial charge in [-0.15, -0.1) is 0 Å². The fourth-order valence-corrected chi connectivity index (χ4v) is 3.24. The fourth-order valence-electron chi connectivity index (χ4n) is 3.24. The highest BCUT2D eigenvalue weighted by Gasteiger charge is 2.14. The second-order valence-electron chi connectivity index (χ2n) is 6.04. The first-order valence-electron chi connectivity index (χ1n) is 7.70. The van der Waals surface area contributed by atoms with Crippen molar-refractivity contribution in [2.24, 2.45) is 5.92 Å². The van der Waals surface area contributed by atoms with Gasteiger partial charge in [0.15, 0.2) is 0 Å². The first-order chi connectivity index (χ1) is 10.2. The largest absolute Gasteiger partial charge is 0.396 e. The maximum Gasteiger partial charge on any atom is 0.123 e. The Morgan fingerprint density at radius 2 is 1.57 bits per heavy atom. The number of rotatable bonds is 5. The summed E-state index contributed by atoms with van der Waals surface area (Å²) < 4.78 is 12.9. The zero-order valence-corrected chi connectivity index (χ0v) is 12.2. The molecule has 0 radical (unpaired) electrons. The predicted molar refractivity (Wildman–Crippen MR) is 82.9 cm³/mol. The third-order valence-electron chi connectivity index (χ3n) is 4.38. The molecule has 2 aromatic rings. The molecule has 0 saturated carbocycles. The van der Waals surface area contributed by atoms with Gasteiger partial charge in [0.25, 0.3) is 0 Å². The molecule has 0 aromatic heterocycles. The highest BCUT2D eigenvalue weighted by molar-refractivity contribution is 5.35. The maximum atomic E-state index is 12.9. The molecule has 2 heteroatoms. The molecule has 110 valence electrons. The molecule has 1 aliphatic carbocycles. The summed E-state index contributed by atoms with van der Waals surface area (Å²) in [5.41, 5.74) is 5.34. The van der Waals surface area contributed by atoms with E-state index < -0.39 is 0 Å². The minimum Gasteiger partial charge on any atom is -0.396 e. The van der Waals surface area contributed by atoms with E-state index in [1.807, 2.05) is 0 Å². The van der Waals surface area contributed by atoms with Gasteiger partial charge in [-0.1, -0.05) is 30.3 Å². The Morgan fingerprint density at radius 3 is 2.33 bits per heavy atom. The van der Waals surface area contributed by atoms with Crippen molar-refractivity contribution in [1.29, 1.82) is 0 Å². The third-order valence-corrected chi connectivity index (χ3v) is 4.38. The number of halogens is 1. The summed E-state index contributed by atoms with van der Waals surface area (Å²) in [7, 11) is 0. The molecule has 3 rings (SSSR count). The van der Waals surface area contributed by atoms with Crippen LogP contribution in [0.15, 0.2) is 42.5 Å². The van der Waals surface area contributed by atoms with E-state index in [1.54, 1.807) is 12.1 Å². The Hall–Kier alpha value is -1.67. The number of aliphatic hydroxyl groups is 1. The van der Waals surface area contributed by atoms with E-state index in [-0.39, 0.29) is 18.3 Å². The SMILES string of the molecule is OCC(Cc1ccc(F)cc1)Cc1ccc2c(c1)CCC2. The van der Waals surface area contributed by atoms with Crippen LogP contribution in [-0.4, -0.2) is 11.7 Å². The van der Waals surface area contributed by atoms with Gasteiger partial charge in [0.2, 0.25) is 0 Å². The number of hydrogen-bond acceptors (Lipinski definition) is 1. The van der Waals surface area contributed by atoms with Crippen LogP contribution in [-0.2, 0) is 25.7 Å². The maximum absolute atomic E-state index is 12.9. The lowest BCUT2D eigenvalue weighted by molar-refractivity contribution is 0.225. The molecule has 0 saturated heterocycles. The van der Waals surface area contributed by atoms with Gasteiger partial charge >= 0.3 is 0 Å². The Labute approximate surface area is 125 Å². The van der Waals surface area contributed by atoms with Crippen LogP contribution in [0.4, 0.5) is 4.39 Å². The average molecular weight is 284 g/mol. The number of hydrogen-bond donors (Lipinski definition) is 1. The van der Waals surface area contributed by atoms with Crippen LogP contribution in [0.1, 0.15) is 28.7 Å². The Bertz CT molecular complexity index is 603. The van der Waals surface area contributed by atoms with Gasteiger partial charge in [-0.3, -0.25) is 0 Å². The molecule has 1 atom stereocenters. The molecule has 0 bridgehead atoms. The predicted octanol–water partition coefficient (Wildman–Crippen LogP) is 3.71. The van der Waals surface area contributed by atoms with E-state index >= 15 is 0 Å². The number of aryl methyl sites for hydroxylation is 2. The monoisotopic (exact) mass is 284 g/mol. The summed E-state index contributed by atoms with van der Waals surface area (Å²) in [6.45, 7) is 0.161. The van der Waals surface area contributed by atoms with E-state index in [0.717, 1.165) is 18.4 Å². The van der Waals surface area contributed by atoms with Crippen LogP contribution in [0.3, 0.4) is 0 Å². The number of fused-ring (bicyclic) bond motifs is 1. The standard InChI is InChI=1S/C19H21FO/c20-19-8-5-14(6-9-19)10-16(13-21)11-15-4-7-17-2-1-3-18(17)12-15/h4-9,12,16,21H,1-3,10-11,13H2. The summed E-state index contributed by atoms with van der Waals surface area (Å²) in [4.78, 5) is 0.